The molecule has 0 radical (unpaired) electrons. The Labute approximate surface area is 97.5 Å². The molecule has 0 N–H and O–H groups in total. The quantitative estimate of drug-likeness (QED) is 0.665. The summed E-state index contributed by atoms with van der Waals surface area (Å²) in [6, 6.07) is 10.3. The van der Waals surface area contributed by atoms with Crippen LogP contribution in [0, 0.1) is 0 Å². The first-order chi connectivity index (χ1) is 8.25. The van der Waals surface area contributed by atoms with E-state index in [4.69, 9.17) is 4.42 Å². The van der Waals surface area contributed by atoms with Gasteiger partial charge >= 0.3 is 11.9 Å². The number of fused-ring (bicyclic) bond motifs is 1. The maximum Gasteiger partial charge on any atom is 0.347 e. The number of benzene rings is 1. The molecule has 86 valence electrons. The van der Waals surface area contributed by atoms with E-state index in [1.165, 1.54) is 0 Å². The number of rotatable bonds is 2. The Morgan fingerprint density at radius 3 is 2.59 bits per heavy atom. The largest absolute Gasteiger partial charge is 0.388 e. The summed E-state index contributed by atoms with van der Waals surface area (Å²) in [4.78, 5) is 1.78. The Balaban J connectivity index is 2.18. The third-order valence-electron chi connectivity index (χ3n) is 2.39. The average Bonchev–Trinajstić information content (AvgIpc) is 2.89. The SMILES string of the molecule is CN(C)c1nn2c(-c3ccccc3)nnc2o1. The summed E-state index contributed by atoms with van der Waals surface area (Å²) < 4.78 is 7.04. The lowest BCUT2D eigenvalue weighted by Crippen LogP contribution is -2.09. The molecule has 0 aliphatic rings. The highest BCUT2D eigenvalue weighted by Gasteiger charge is 2.15. The molecule has 6 nitrogen and oxygen atoms in total. The van der Waals surface area contributed by atoms with Crippen LogP contribution in [-0.4, -0.2) is 33.9 Å². The van der Waals surface area contributed by atoms with E-state index in [0.29, 0.717) is 17.7 Å². The van der Waals surface area contributed by atoms with Crippen LogP contribution in [0.3, 0.4) is 0 Å². The minimum atomic E-state index is 0.396. The van der Waals surface area contributed by atoms with Crippen molar-refractivity contribution in [2.24, 2.45) is 0 Å². The standard InChI is InChI=1S/C11H11N5O/c1-15(2)11-14-16-9(12-13-10(16)17-11)8-6-4-3-5-7-8/h3-7H,1-2H3. The molecular weight excluding hydrogens is 218 g/mol. The van der Waals surface area contributed by atoms with E-state index in [-0.39, 0.29) is 0 Å². The Morgan fingerprint density at radius 1 is 1.12 bits per heavy atom. The predicted molar refractivity (Wildman–Crippen MR) is 62.8 cm³/mol. The van der Waals surface area contributed by atoms with Crippen LogP contribution in [0.5, 0.6) is 0 Å². The minimum Gasteiger partial charge on any atom is -0.388 e. The molecule has 1 aromatic carbocycles. The number of hydrogen-bond donors (Lipinski definition) is 0. The van der Waals surface area contributed by atoms with Crippen molar-refractivity contribution in [3.05, 3.63) is 30.3 Å². The van der Waals surface area contributed by atoms with Gasteiger partial charge in [0.15, 0.2) is 5.82 Å². The van der Waals surface area contributed by atoms with Crippen molar-refractivity contribution < 1.29 is 4.42 Å². The van der Waals surface area contributed by atoms with Crippen molar-refractivity contribution in [3.8, 4) is 11.4 Å². The second-order valence-electron chi connectivity index (χ2n) is 3.86. The summed E-state index contributed by atoms with van der Waals surface area (Å²) in [6.45, 7) is 0. The number of anilines is 1. The van der Waals surface area contributed by atoms with Gasteiger partial charge in [-0.25, -0.2) is 0 Å². The molecule has 3 aromatic rings. The molecule has 0 spiro atoms. The lowest BCUT2D eigenvalue weighted by Gasteiger charge is -2.02. The van der Waals surface area contributed by atoms with Gasteiger partial charge in [0.25, 0.3) is 0 Å². The van der Waals surface area contributed by atoms with E-state index in [9.17, 15) is 0 Å². The highest BCUT2D eigenvalue weighted by molar-refractivity contribution is 5.57. The fraction of sp³-hybridized carbons (Fsp3) is 0.182. The summed E-state index contributed by atoms with van der Waals surface area (Å²) in [5.74, 6) is 1.07. The van der Waals surface area contributed by atoms with Crippen molar-refractivity contribution >= 4 is 11.9 Å². The van der Waals surface area contributed by atoms with Gasteiger partial charge in [-0.15, -0.1) is 10.2 Å². The fourth-order valence-corrected chi connectivity index (χ4v) is 1.55. The summed E-state index contributed by atoms with van der Waals surface area (Å²) >= 11 is 0. The molecule has 6 heteroatoms. The van der Waals surface area contributed by atoms with Gasteiger partial charge in [0.2, 0.25) is 0 Å². The number of nitrogens with zero attached hydrogens (tertiary/aromatic N) is 5. The first-order valence-corrected chi connectivity index (χ1v) is 5.20. The molecule has 0 saturated heterocycles. The maximum atomic E-state index is 5.44. The van der Waals surface area contributed by atoms with Crippen molar-refractivity contribution in [2.75, 3.05) is 19.0 Å². The van der Waals surface area contributed by atoms with Crippen LogP contribution in [0.25, 0.3) is 17.2 Å². The topological polar surface area (TPSA) is 59.5 Å². The van der Waals surface area contributed by atoms with Gasteiger partial charge in [0.05, 0.1) is 0 Å². The zero-order valence-corrected chi connectivity index (χ0v) is 9.53. The van der Waals surface area contributed by atoms with Gasteiger partial charge in [-0.05, 0) is 0 Å². The molecule has 0 bridgehead atoms. The van der Waals surface area contributed by atoms with Gasteiger partial charge in [0.1, 0.15) is 0 Å². The molecule has 0 amide bonds. The van der Waals surface area contributed by atoms with Gasteiger partial charge in [-0.1, -0.05) is 35.4 Å². The van der Waals surface area contributed by atoms with Crippen LogP contribution in [0.2, 0.25) is 0 Å². The summed E-state index contributed by atoms with van der Waals surface area (Å²) in [5.41, 5.74) is 0.957. The van der Waals surface area contributed by atoms with E-state index < -0.39 is 0 Å². The average molecular weight is 229 g/mol. The van der Waals surface area contributed by atoms with Crippen LogP contribution < -0.4 is 4.90 Å². The minimum absolute atomic E-state index is 0.396. The Bertz CT molecular complexity index is 640. The lowest BCUT2D eigenvalue weighted by molar-refractivity contribution is 0.581. The zero-order valence-electron chi connectivity index (χ0n) is 9.53. The second kappa shape index (κ2) is 3.58. The van der Waals surface area contributed by atoms with E-state index in [1.54, 1.807) is 9.42 Å². The molecule has 2 aromatic heterocycles. The smallest absolute Gasteiger partial charge is 0.347 e. The molecule has 17 heavy (non-hydrogen) atoms. The van der Waals surface area contributed by atoms with E-state index in [0.717, 1.165) is 5.56 Å². The molecule has 0 saturated carbocycles. The van der Waals surface area contributed by atoms with Crippen LogP contribution in [0.15, 0.2) is 34.7 Å². The van der Waals surface area contributed by atoms with Gasteiger partial charge < -0.3 is 9.32 Å². The highest BCUT2D eigenvalue weighted by atomic mass is 16.4. The van der Waals surface area contributed by atoms with Crippen LogP contribution >= 0.6 is 0 Å². The highest BCUT2D eigenvalue weighted by Crippen LogP contribution is 2.20. The molecule has 2 heterocycles. The molecule has 0 unspecified atom stereocenters. The Kier molecular flexibility index (Phi) is 2.07. The van der Waals surface area contributed by atoms with Crippen molar-refractivity contribution in [1.82, 2.24) is 19.8 Å². The number of hydrogen-bond acceptors (Lipinski definition) is 5. The first kappa shape index (κ1) is 9.83. The molecular formula is C11H11N5O. The van der Waals surface area contributed by atoms with Crippen molar-refractivity contribution in [1.29, 1.82) is 0 Å². The summed E-state index contributed by atoms with van der Waals surface area (Å²) in [7, 11) is 3.72. The normalized spacial score (nSPS) is 10.9. The molecule has 0 fully saturated rings. The fourth-order valence-electron chi connectivity index (χ4n) is 1.55. The van der Waals surface area contributed by atoms with Gasteiger partial charge in [-0.2, -0.15) is 4.52 Å². The first-order valence-electron chi connectivity index (χ1n) is 5.20. The van der Waals surface area contributed by atoms with Crippen LogP contribution in [0.1, 0.15) is 0 Å². The van der Waals surface area contributed by atoms with Crippen LogP contribution in [0.4, 0.5) is 6.01 Å². The molecule has 0 aliphatic heterocycles. The van der Waals surface area contributed by atoms with Crippen LogP contribution in [-0.2, 0) is 0 Å². The van der Waals surface area contributed by atoms with Crippen molar-refractivity contribution in [3.63, 3.8) is 0 Å². The van der Waals surface area contributed by atoms with Gasteiger partial charge in [-0.3, -0.25) is 0 Å². The second-order valence-corrected chi connectivity index (χ2v) is 3.86. The lowest BCUT2D eigenvalue weighted by atomic mass is 10.2. The molecule has 0 atom stereocenters. The monoisotopic (exact) mass is 229 g/mol. The predicted octanol–water partition coefficient (Wildman–Crippen LogP) is 1.45. The third-order valence-corrected chi connectivity index (χ3v) is 2.39. The Morgan fingerprint density at radius 2 is 1.88 bits per heavy atom. The molecule has 0 aliphatic carbocycles. The Hall–Kier alpha value is -2.37. The zero-order chi connectivity index (χ0) is 11.8. The third kappa shape index (κ3) is 1.54. The van der Waals surface area contributed by atoms with Crippen molar-refractivity contribution in [2.45, 2.75) is 0 Å². The summed E-state index contributed by atoms with van der Waals surface area (Å²) in [6.07, 6.45) is 0. The molecule has 3 rings (SSSR count). The number of aromatic nitrogens is 4. The van der Waals surface area contributed by atoms with E-state index in [2.05, 4.69) is 15.3 Å². The maximum absolute atomic E-state index is 5.44. The van der Waals surface area contributed by atoms with E-state index >= 15 is 0 Å². The van der Waals surface area contributed by atoms with Gasteiger partial charge in [0, 0.05) is 19.7 Å². The van der Waals surface area contributed by atoms with E-state index in [1.807, 2.05) is 44.4 Å². The summed E-state index contributed by atoms with van der Waals surface area (Å²) in [5, 5.41) is 12.3.